The highest BCUT2D eigenvalue weighted by Crippen LogP contribution is 2.27. The number of halogens is 1. The molecule has 0 saturated carbocycles. The van der Waals surface area contributed by atoms with E-state index in [9.17, 15) is 12.8 Å². The Labute approximate surface area is 124 Å². The zero-order valence-corrected chi connectivity index (χ0v) is 12.7. The third kappa shape index (κ3) is 3.43. The second kappa shape index (κ2) is 6.56. The zero-order chi connectivity index (χ0) is 15.5. The van der Waals surface area contributed by atoms with Crippen molar-refractivity contribution in [3.8, 4) is 11.8 Å². The van der Waals surface area contributed by atoms with E-state index in [0.29, 0.717) is 24.6 Å². The Morgan fingerprint density at radius 3 is 2.81 bits per heavy atom. The average molecular weight is 311 g/mol. The van der Waals surface area contributed by atoms with E-state index >= 15 is 0 Å². The van der Waals surface area contributed by atoms with Crippen molar-refractivity contribution in [3.63, 3.8) is 0 Å². The molecular formula is C15H18FNO3S. The van der Waals surface area contributed by atoms with E-state index in [1.165, 1.54) is 16.4 Å². The van der Waals surface area contributed by atoms with Gasteiger partial charge in [0.05, 0.1) is 0 Å². The highest BCUT2D eigenvalue weighted by Gasteiger charge is 2.33. The molecule has 1 aliphatic heterocycles. The molecule has 0 amide bonds. The molecule has 1 atom stereocenters. The second-order valence-corrected chi connectivity index (χ2v) is 6.94. The van der Waals surface area contributed by atoms with Gasteiger partial charge in [-0.05, 0) is 30.5 Å². The van der Waals surface area contributed by atoms with Crippen molar-refractivity contribution in [2.24, 2.45) is 5.92 Å². The maximum absolute atomic E-state index is 14.1. The molecule has 21 heavy (non-hydrogen) atoms. The normalized spacial score (nSPS) is 19.3. The number of hydrogen-bond donors (Lipinski definition) is 1. The summed E-state index contributed by atoms with van der Waals surface area (Å²) in [5.74, 6) is 4.49. The van der Waals surface area contributed by atoms with Crippen LogP contribution in [0.1, 0.15) is 25.3 Å². The Morgan fingerprint density at radius 1 is 1.48 bits per heavy atom. The van der Waals surface area contributed by atoms with Crippen molar-refractivity contribution in [1.29, 1.82) is 0 Å². The molecule has 1 saturated heterocycles. The lowest BCUT2D eigenvalue weighted by atomic mass is 10.1. The van der Waals surface area contributed by atoms with Crippen molar-refractivity contribution in [3.05, 3.63) is 29.6 Å². The fourth-order valence-corrected chi connectivity index (χ4v) is 3.99. The second-order valence-electron chi connectivity index (χ2n) is 5.03. The zero-order valence-electron chi connectivity index (χ0n) is 11.8. The molecule has 114 valence electrons. The van der Waals surface area contributed by atoms with Gasteiger partial charge >= 0.3 is 0 Å². The molecule has 1 heterocycles. The number of hydrogen-bond acceptors (Lipinski definition) is 3. The molecule has 2 rings (SSSR count). The SMILES string of the molecule is CCC1CCN(S(=O)(=O)c2ccc(C#CCO)cc2F)C1. The lowest BCUT2D eigenvalue weighted by molar-refractivity contribution is 0.350. The standard InChI is InChI=1S/C15H18FNO3S/c1-2-12-7-8-17(11-12)21(19,20)15-6-5-13(4-3-9-18)10-14(15)16/h5-6,10,12,18H,2,7-9,11H2,1H3. The molecule has 1 aromatic carbocycles. The Kier molecular flexibility index (Phi) is 4.99. The van der Waals surface area contributed by atoms with E-state index in [4.69, 9.17) is 5.11 Å². The molecule has 1 aliphatic rings. The van der Waals surface area contributed by atoms with Crippen molar-refractivity contribution in [1.82, 2.24) is 4.31 Å². The molecule has 1 fully saturated rings. The monoisotopic (exact) mass is 311 g/mol. The largest absolute Gasteiger partial charge is 0.384 e. The average Bonchev–Trinajstić information content (AvgIpc) is 2.94. The van der Waals surface area contributed by atoms with Gasteiger partial charge in [-0.25, -0.2) is 12.8 Å². The van der Waals surface area contributed by atoms with Crippen molar-refractivity contribution < 1.29 is 17.9 Å². The van der Waals surface area contributed by atoms with Crippen LogP contribution in [0.3, 0.4) is 0 Å². The fourth-order valence-electron chi connectivity index (χ4n) is 2.42. The van der Waals surface area contributed by atoms with Crippen LogP contribution in [-0.4, -0.2) is 37.5 Å². The van der Waals surface area contributed by atoms with E-state index in [-0.39, 0.29) is 11.5 Å². The van der Waals surface area contributed by atoms with Gasteiger partial charge in [0.1, 0.15) is 17.3 Å². The molecule has 1 aromatic rings. The summed E-state index contributed by atoms with van der Waals surface area (Å²) < 4.78 is 40.3. The minimum Gasteiger partial charge on any atom is -0.384 e. The third-order valence-corrected chi connectivity index (χ3v) is 5.59. The van der Waals surface area contributed by atoms with Crippen molar-refractivity contribution >= 4 is 10.0 Å². The van der Waals surface area contributed by atoms with Gasteiger partial charge in [-0.2, -0.15) is 4.31 Å². The summed E-state index contributed by atoms with van der Waals surface area (Å²) in [6.07, 6.45) is 1.74. The first-order chi connectivity index (χ1) is 9.98. The molecule has 4 nitrogen and oxygen atoms in total. The number of sulfonamides is 1. The number of rotatable bonds is 3. The number of nitrogens with zero attached hydrogens (tertiary/aromatic N) is 1. The lowest BCUT2D eigenvalue weighted by Crippen LogP contribution is -2.29. The topological polar surface area (TPSA) is 57.6 Å². The molecule has 0 aliphatic carbocycles. The molecule has 6 heteroatoms. The first-order valence-corrected chi connectivity index (χ1v) is 8.32. The maximum Gasteiger partial charge on any atom is 0.245 e. The first-order valence-electron chi connectivity index (χ1n) is 6.88. The van der Waals surface area contributed by atoms with Gasteiger partial charge in [0, 0.05) is 18.7 Å². The van der Waals surface area contributed by atoms with Gasteiger partial charge in [-0.15, -0.1) is 0 Å². The Bertz CT molecular complexity index is 676. The van der Waals surface area contributed by atoms with Crippen LogP contribution in [0, 0.1) is 23.6 Å². The van der Waals surface area contributed by atoms with E-state index in [1.54, 1.807) is 0 Å². The van der Waals surface area contributed by atoms with Crippen LogP contribution in [0.25, 0.3) is 0 Å². The van der Waals surface area contributed by atoms with E-state index < -0.39 is 15.8 Å². The van der Waals surface area contributed by atoms with Crippen LogP contribution >= 0.6 is 0 Å². The van der Waals surface area contributed by atoms with Gasteiger partial charge in [0.25, 0.3) is 0 Å². The van der Waals surface area contributed by atoms with E-state index in [0.717, 1.165) is 18.9 Å². The lowest BCUT2D eigenvalue weighted by Gasteiger charge is -2.17. The van der Waals surface area contributed by atoms with Crippen LogP contribution in [0.4, 0.5) is 4.39 Å². The molecule has 0 aromatic heterocycles. The smallest absolute Gasteiger partial charge is 0.245 e. The van der Waals surface area contributed by atoms with Crippen LogP contribution < -0.4 is 0 Å². The third-order valence-electron chi connectivity index (χ3n) is 3.69. The molecule has 1 N–H and O–H groups in total. The minimum absolute atomic E-state index is 0.311. The summed E-state index contributed by atoms with van der Waals surface area (Å²) in [7, 11) is -3.79. The van der Waals surface area contributed by atoms with E-state index in [1.807, 2.05) is 6.92 Å². The Hall–Kier alpha value is -1.42. The molecular weight excluding hydrogens is 293 g/mol. The number of aliphatic hydroxyl groups excluding tert-OH is 1. The van der Waals surface area contributed by atoms with Gasteiger partial charge < -0.3 is 5.11 Å². The van der Waals surface area contributed by atoms with Crippen LogP contribution in [-0.2, 0) is 10.0 Å². The fraction of sp³-hybridized carbons (Fsp3) is 0.467. The summed E-state index contributed by atoms with van der Waals surface area (Å²) in [6.45, 7) is 2.58. The predicted octanol–water partition coefficient (Wildman–Crippen LogP) is 1.59. The summed E-state index contributed by atoms with van der Waals surface area (Å²) in [5, 5.41) is 8.60. The number of aliphatic hydroxyl groups is 1. The predicted molar refractivity (Wildman–Crippen MR) is 77.5 cm³/mol. The quantitative estimate of drug-likeness (QED) is 0.863. The highest BCUT2D eigenvalue weighted by molar-refractivity contribution is 7.89. The molecule has 0 spiro atoms. The maximum atomic E-state index is 14.1. The van der Waals surface area contributed by atoms with Gasteiger partial charge in [0.15, 0.2) is 0 Å². The van der Waals surface area contributed by atoms with E-state index in [2.05, 4.69) is 11.8 Å². The highest BCUT2D eigenvalue weighted by atomic mass is 32.2. The Balaban J connectivity index is 2.29. The van der Waals surface area contributed by atoms with Crippen LogP contribution in [0.2, 0.25) is 0 Å². The molecule has 0 radical (unpaired) electrons. The van der Waals surface area contributed by atoms with Gasteiger partial charge in [-0.3, -0.25) is 0 Å². The Morgan fingerprint density at radius 2 is 2.24 bits per heavy atom. The molecule has 0 bridgehead atoms. The van der Waals surface area contributed by atoms with Gasteiger partial charge in [0.2, 0.25) is 10.0 Å². The summed E-state index contributed by atoms with van der Waals surface area (Å²) in [5.41, 5.74) is 0.341. The number of benzene rings is 1. The summed E-state index contributed by atoms with van der Waals surface area (Å²) >= 11 is 0. The van der Waals surface area contributed by atoms with Crippen LogP contribution in [0.15, 0.2) is 23.1 Å². The van der Waals surface area contributed by atoms with Crippen molar-refractivity contribution in [2.75, 3.05) is 19.7 Å². The van der Waals surface area contributed by atoms with Crippen molar-refractivity contribution in [2.45, 2.75) is 24.7 Å². The first kappa shape index (κ1) is 16.0. The summed E-state index contributed by atoms with van der Waals surface area (Å²) in [6, 6.07) is 3.78. The van der Waals surface area contributed by atoms with Gasteiger partial charge in [-0.1, -0.05) is 25.2 Å². The molecule has 1 unspecified atom stereocenters. The minimum atomic E-state index is -3.79. The van der Waals surface area contributed by atoms with Crippen LogP contribution in [0.5, 0.6) is 0 Å². The summed E-state index contributed by atoms with van der Waals surface area (Å²) in [4.78, 5) is -0.311.